The number of amides is 1. The number of nitrogens with zero attached hydrogens (tertiary/aromatic N) is 2. The number of nitrogens with one attached hydrogen (secondary N) is 2. The van der Waals surface area contributed by atoms with Crippen LogP contribution in [0.15, 0.2) is 61.2 Å². The van der Waals surface area contributed by atoms with Gasteiger partial charge in [-0.1, -0.05) is 47.7 Å². The van der Waals surface area contributed by atoms with Crippen molar-refractivity contribution >= 4 is 33.8 Å². The molecule has 0 aliphatic carbocycles. The number of hydrogen-bond acceptors (Lipinski definition) is 7. The molecule has 0 bridgehead atoms. The lowest BCUT2D eigenvalue weighted by atomic mass is 9.90. The molecule has 0 unspecified atom stereocenters. The van der Waals surface area contributed by atoms with Gasteiger partial charge in [-0.3, -0.25) is 14.9 Å². The lowest BCUT2D eigenvalue weighted by Crippen LogP contribution is -2.35. The van der Waals surface area contributed by atoms with E-state index in [0.29, 0.717) is 28.6 Å². The molecule has 1 aliphatic rings. The first-order valence-electron chi connectivity index (χ1n) is 8.69. The minimum Gasteiger partial charge on any atom is -0.371 e. The van der Waals surface area contributed by atoms with Crippen LogP contribution < -0.4 is 10.6 Å². The zero-order valence-electron chi connectivity index (χ0n) is 15.1. The Morgan fingerprint density at radius 1 is 1.31 bits per heavy atom. The number of rotatable bonds is 6. The molecule has 9 heteroatoms. The van der Waals surface area contributed by atoms with Crippen LogP contribution in [-0.4, -0.2) is 27.5 Å². The molecule has 0 fully saturated rings. The van der Waals surface area contributed by atoms with Gasteiger partial charge in [0.25, 0.3) is 11.6 Å². The molecule has 4 rings (SSSR count). The molecular formula is C20H16N4O4S. The van der Waals surface area contributed by atoms with Gasteiger partial charge in [-0.2, -0.15) is 0 Å². The third-order valence-corrected chi connectivity index (χ3v) is 5.70. The van der Waals surface area contributed by atoms with Crippen molar-refractivity contribution in [1.29, 1.82) is 0 Å². The summed E-state index contributed by atoms with van der Waals surface area (Å²) in [5.74, 6) is -0.677. The minimum atomic E-state index is -2.10. The average molecular weight is 408 g/mol. The Hall–Kier alpha value is -3.56. The Balaban J connectivity index is 1.93. The zero-order valence-corrected chi connectivity index (χ0v) is 15.9. The predicted octanol–water partition coefficient (Wildman–Crippen LogP) is 3.50. The summed E-state index contributed by atoms with van der Waals surface area (Å²) in [7, 11) is 0. The van der Waals surface area contributed by atoms with Crippen LogP contribution in [0, 0.1) is 10.1 Å². The van der Waals surface area contributed by atoms with E-state index in [-0.39, 0.29) is 16.1 Å². The average Bonchev–Trinajstić information content (AvgIpc) is 3.27. The molecule has 2 aromatic carbocycles. The number of nitro groups is 1. The van der Waals surface area contributed by atoms with Crippen LogP contribution in [0.25, 0.3) is 11.3 Å². The summed E-state index contributed by atoms with van der Waals surface area (Å²) in [5.41, 5.74) is -0.707. The summed E-state index contributed by atoms with van der Waals surface area (Å²) < 4.78 is 0. The first-order chi connectivity index (χ1) is 13.9. The van der Waals surface area contributed by atoms with Gasteiger partial charge in [-0.15, -0.1) is 6.58 Å². The topological polar surface area (TPSA) is 117 Å². The molecule has 1 aromatic heterocycles. The molecule has 1 amide bonds. The summed E-state index contributed by atoms with van der Waals surface area (Å²) in [6.07, 6.45) is 1.67. The van der Waals surface area contributed by atoms with Gasteiger partial charge in [0, 0.05) is 35.5 Å². The molecule has 3 N–H and O–H groups in total. The quantitative estimate of drug-likeness (QED) is 0.326. The van der Waals surface area contributed by atoms with Gasteiger partial charge in [0.1, 0.15) is 0 Å². The number of anilines is 2. The smallest absolute Gasteiger partial charge is 0.269 e. The normalized spacial score (nSPS) is 17.5. The number of nitro benzene ring substituents is 1. The highest BCUT2D eigenvalue weighted by atomic mass is 32.1. The molecule has 2 heterocycles. The number of aromatic nitrogens is 1. The molecule has 0 spiro atoms. The number of thiazole rings is 1. The van der Waals surface area contributed by atoms with Crippen molar-refractivity contribution in [2.75, 3.05) is 17.2 Å². The molecule has 146 valence electrons. The second-order valence-corrected chi connectivity index (χ2v) is 7.38. The summed E-state index contributed by atoms with van der Waals surface area (Å²) in [6.45, 7) is 4.11. The fourth-order valence-electron chi connectivity index (χ4n) is 3.21. The molecule has 1 atom stereocenters. The Labute approximate surface area is 169 Å². The highest BCUT2D eigenvalue weighted by molar-refractivity contribution is 7.16. The highest BCUT2D eigenvalue weighted by Crippen LogP contribution is 2.48. The largest absolute Gasteiger partial charge is 0.371 e. The molecule has 8 nitrogen and oxygen atoms in total. The van der Waals surface area contributed by atoms with Crippen LogP contribution in [-0.2, 0) is 10.4 Å². The van der Waals surface area contributed by atoms with E-state index < -0.39 is 16.4 Å². The molecule has 1 aliphatic heterocycles. The van der Waals surface area contributed by atoms with Gasteiger partial charge in [-0.05, 0) is 6.07 Å². The van der Waals surface area contributed by atoms with E-state index in [2.05, 4.69) is 22.2 Å². The highest BCUT2D eigenvalue weighted by Gasteiger charge is 2.50. The van der Waals surface area contributed by atoms with E-state index in [1.54, 1.807) is 6.08 Å². The number of carbonyl (C=O) groups is 1. The Morgan fingerprint density at radius 3 is 2.76 bits per heavy atom. The van der Waals surface area contributed by atoms with Crippen LogP contribution in [0.3, 0.4) is 0 Å². The van der Waals surface area contributed by atoms with E-state index in [1.165, 1.54) is 18.2 Å². The lowest BCUT2D eigenvalue weighted by molar-refractivity contribution is -0.385. The summed E-state index contributed by atoms with van der Waals surface area (Å²) >= 11 is 1.12. The third-order valence-electron chi connectivity index (χ3n) is 4.58. The van der Waals surface area contributed by atoms with Crippen LogP contribution in [0.2, 0.25) is 0 Å². The van der Waals surface area contributed by atoms with E-state index >= 15 is 0 Å². The number of hydrogen-bond donors (Lipinski definition) is 3. The predicted molar refractivity (Wildman–Crippen MR) is 111 cm³/mol. The van der Waals surface area contributed by atoms with Crippen molar-refractivity contribution in [1.82, 2.24) is 4.98 Å². The monoisotopic (exact) mass is 408 g/mol. The number of non-ortho nitro benzene ring substituents is 1. The lowest BCUT2D eigenvalue weighted by Gasteiger charge is -2.20. The van der Waals surface area contributed by atoms with Gasteiger partial charge < -0.3 is 15.7 Å². The number of aliphatic hydroxyl groups is 1. The molecule has 0 saturated carbocycles. The fourth-order valence-corrected chi connectivity index (χ4v) is 4.30. The maximum atomic E-state index is 12.9. The standard InChI is InChI=1S/C20H16N4O4S/c1-2-10-21-19-23-16(12-6-4-3-5-7-12)17(29-19)20(26)14-11-13(24(27)28)8-9-15(14)22-18(20)25/h2-9,11,26H,1,10H2,(H,21,23)(H,22,25)/t20-/m1/s1. The summed E-state index contributed by atoms with van der Waals surface area (Å²) in [6, 6.07) is 13.1. The second kappa shape index (κ2) is 7.12. The Morgan fingerprint density at radius 2 is 2.07 bits per heavy atom. The van der Waals surface area contributed by atoms with E-state index in [9.17, 15) is 20.0 Å². The SMILES string of the molecule is C=CCNc1nc(-c2ccccc2)c([C@@]2(O)C(=O)Nc3ccc([N+](=O)[O-])cc32)s1. The molecular weight excluding hydrogens is 392 g/mol. The maximum absolute atomic E-state index is 12.9. The van der Waals surface area contributed by atoms with Crippen LogP contribution >= 0.6 is 11.3 Å². The third kappa shape index (κ3) is 3.06. The Bertz CT molecular complexity index is 1130. The van der Waals surface area contributed by atoms with Crippen molar-refractivity contribution in [2.24, 2.45) is 0 Å². The fraction of sp³-hybridized carbons (Fsp3) is 0.100. The zero-order chi connectivity index (χ0) is 20.6. The second-order valence-electron chi connectivity index (χ2n) is 6.38. The van der Waals surface area contributed by atoms with Crippen LogP contribution in [0.1, 0.15) is 10.4 Å². The van der Waals surface area contributed by atoms with Crippen molar-refractivity contribution in [3.8, 4) is 11.3 Å². The van der Waals surface area contributed by atoms with Crippen molar-refractivity contribution < 1.29 is 14.8 Å². The van der Waals surface area contributed by atoms with E-state index in [1.807, 2.05) is 30.3 Å². The summed E-state index contributed by atoms with van der Waals surface area (Å²) in [4.78, 5) is 28.4. The number of fused-ring (bicyclic) bond motifs is 1. The van der Waals surface area contributed by atoms with Gasteiger partial charge in [0.2, 0.25) is 5.60 Å². The van der Waals surface area contributed by atoms with E-state index in [4.69, 9.17) is 0 Å². The van der Waals surface area contributed by atoms with Gasteiger partial charge in [0.05, 0.1) is 15.5 Å². The van der Waals surface area contributed by atoms with Crippen molar-refractivity contribution in [3.05, 3.63) is 81.7 Å². The summed E-state index contributed by atoms with van der Waals surface area (Å²) in [5, 5.41) is 29.0. The van der Waals surface area contributed by atoms with Gasteiger partial charge in [0.15, 0.2) is 5.13 Å². The van der Waals surface area contributed by atoms with E-state index in [0.717, 1.165) is 11.3 Å². The minimum absolute atomic E-state index is 0.132. The molecule has 3 aromatic rings. The van der Waals surface area contributed by atoms with Crippen molar-refractivity contribution in [2.45, 2.75) is 5.60 Å². The maximum Gasteiger partial charge on any atom is 0.269 e. The Kier molecular flexibility index (Phi) is 4.61. The van der Waals surface area contributed by atoms with Gasteiger partial charge in [-0.25, -0.2) is 4.98 Å². The molecule has 29 heavy (non-hydrogen) atoms. The number of carbonyl (C=O) groups excluding carboxylic acids is 1. The first kappa shape index (κ1) is 18.8. The first-order valence-corrected chi connectivity index (χ1v) is 9.51. The molecule has 0 saturated heterocycles. The molecule has 0 radical (unpaired) electrons. The van der Waals surface area contributed by atoms with Crippen molar-refractivity contribution in [3.63, 3.8) is 0 Å². The van der Waals surface area contributed by atoms with Crippen LogP contribution in [0.5, 0.6) is 0 Å². The van der Waals surface area contributed by atoms with Gasteiger partial charge >= 0.3 is 0 Å². The number of benzene rings is 2. The van der Waals surface area contributed by atoms with Crippen LogP contribution in [0.4, 0.5) is 16.5 Å².